The van der Waals surface area contributed by atoms with Crippen molar-refractivity contribution in [2.45, 2.75) is 0 Å². The Hall–Kier alpha value is -7.17. The second kappa shape index (κ2) is 12.9. The van der Waals surface area contributed by atoms with Crippen molar-refractivity contribution in [2.75, 3.05) is 4.90 Å². The molecule has 0 atom stereocenters. The Morgan fingerprint density at radius 1 is 0.358 bits per heavy atom. The lowest BCUT2D eigenvalue weighted by molar-refractivity contribution is 0.622. The molecule has 2 heterocycles. The number of benzene rings is 8. The predicted molar refractivity (Wildman–Crippen MR) is 218 cm³/mol. The Kier molecular flexibility index (Phi) is 7.43. The van der Waals surface area contributed by atoms with Gasteiger partial charge in [0.25, 0.3) is 0 Å². The third kappa shape index (κ3) is 5.63. The maximum absolute atomic E-state index is 6.40. The molecule has 0 bridgehead atoms. The van der Waals surface area contributed by atoms with Crippen LogP contribution in [0.5, 0.6) is 0 Å². The summed E-state index contributed by atoms with van der Waals surface area (Å²) in [6, 6.07) is 67.7. The van der Waals surface area contributed by atoms with E-state index in [4.69, 9.17) is 13.8 Å². The highest BCUT2D eigenvalue weighted by Crippen LogP contribution is 2.40. The molecule has 0 aliphatic rings. The van der Waals surface area contributed by atoms with E-state index in [1.807, 2.05) is 42.5 Å². The lowest BCUT2D eigenvalue weighted by atomic mass is 9.99. The molecular formula is C49H32N2O2. The van der Waals surface area contributed by atoms with Crippen LogP contribution in [0.4, 0.5) is 17.1 Å². The van der Waals surface area contributed by atoms with Crippen LogP contribution in [0.3, 0.4) is 0 Å². The molecule has 0 saturated carbocycles. The molecule has 0 aliphatic carbocycles. The predicted octanol–water partition coefficient (Wildman–Crippen LogP) is 13.9. The number of aromatic nitrogens is 1. The fourth-order valence-electron chi connectivity index (χ4n) is 7.27. The maximum Gasteiger partial charge on any atom is 0.227 e. The highest BCUT2D eigenvalue weighted by atomic mass is 16.4. The molecule has 0 saturated heterocycles. The average molecular weight is 681 g/mol. The van der Waals surface area contributed by atoms with Crippen LogP contribution in [0.1, 0.15) is 0 Å². The first-order valence-electron chi connectivity index (χ1n) is 17.8. The lowest BCUT2D eigenvalue weighted by Gasteiger charge is -2.26. The van der Waals surface area contributed by atoms with Crippen LogP contribution in [0, 0.1) is 0 Å². The van der Waals surface area contributed by atoms with Crippen LogP contribution in [-0.4, -0.2) is 4.98 Å². The van der Waals surface area contributed by atoms with E-state index in [1.54, 1.807) is 0 Å². The van der Waals surface area contributed by atoms with Gasteiger partial charge in [-0.05, 0) is 106 Å². The molecule has 250 valence electrons. The number of nitrogens with zero attached hydrogens (tertiary/aromatic N) is 2. The number of rotatable bonds is 7. The van der Waals surface area contributed by atoms with Crippen molar-refractivity contribution < 1.29 is 8.83 Å². The van der Waals surface area contributed by atoms with Crippen LogP contribution >= 0.6 is 0 Å². The Bertz CT molecular complexity index is 2860. The molecule has 0 spiro atoms. The molecule has 0 unspecified atom stereocenters. The van der Waals surface area contributed by atoms with Crippen molar-refractivity contribution in [1.82, 2.24) is 4.98 Å². The fraction of sp³-hybridized carbons (Fsp3) is 0. The van der Waals surface area contributed by atoms with E-state index in [9.17, 15) is 0 Å². The van der Waals surface area contributed by atoms with Crippen molar-refractivity contribution in [3.05, 3.63) is 194 Å². The number of hydrogen-bond acceptors (Lipinski definition) is 4. The highest BCUT2D eigenvalue weighted by Gasteiger charge is 2.18. The maximum atomic E-state index is 6.40. The van der Waals surface area contributed by atoms with E-state index in [1.165, 1.54) is 16.7 Å². The third-order valence-corrected chi connectivity index (χ3v) is 9.91. The minimum Gasteiger partial charge on any atom is -0.456 e. The van der Waals surface area contributed by atoms with Crippen molar-refractivity contribution >= 4 is 50.1 Å². The molecule has 0 N–H and O–H groups in total. The van der Waals surface area contributed by atoms with Crippen molar-refractivity contribution in [3.8, 4) is 44.8 Å². The van der Waals surface area contributed by atoms with Crippen molar-refractivity contribution in [2.24, 2.45) is 0 Å². The number of anilines is 3. The molecular weight excluding hydrogens is 649 g/mol. The molecule has 10 rings (SSSR count). The van der Waals surface area contributed by atoms with Gasteiger partial charge in [-0.2, -0.15) is 0 Å². The normalized spacial score (nSPS) is 11.4. The SMILES string of the molecule is c1ccc(-c2ccc(-c3cccc(N(c4ccccc4)c4ccc(-c5ccc6c(c5)oc5ccc7nc(-c8ccccc8)oc7c56)cc4)c3)cc2)cc1. The van der Waals surface area contributed by atoms with Gasteiger partial charge in [-0.15, -0.1) is 0 Å². The second-order valence-electron chi connectivity index (χ2n) is 13.2. The fourth-order valence-corrected chi connectivity index (χ4v) is 7.27. The summed E-state index contributed by atoms with van der Waals surface area (Å²) in [5.41, 5.74) is 14.3. The summed E-state index contributed by atoms with van der Waals surface area (Å²) in [7, 11) is 0. The Balaban J connectivity index is 0.982. The Morgan fingerprint density at radius 2 is 0.887 bits per heavy atom. The first kappa shape index (κ1) is 30.6. The molecule has 10 aromatic rings. The number of hydrogen-bond donors (Lipinski definition) is 0. The topological polar surface area (TPSA) is 42.4 Å². The first-order valence-corrected chi connectivity index (χ1v) is 17.8. The smallest absolute Gasteiger partial charge is 0.227 e. The van der Waals surface area contributed by atoms with Gasteiger partial charge in [0.2, 0.25) is 5.89 Å². The van der Waals surface area contributed by atoms with Gasteiger partial charge in [-0.1, -0.05) is 121 Å². The van der Waals surface area contributed by atoms with Gasteiger partial charge in [0, 0.05) is 28.0 Å². The molecule has 0 amide bonds. The van der Waals surface area contributed by atoms with Crippen LogP contribution < -0.4 is 4.90 Å². The largest absolute Gasteiger partial charge is 0.456 e. The van der Waals surface area contributed by atoms with E-state index in [0.29, 0.717) is 5.89 Å². The third-order valence-electron chi connectivity index (χ3n) is 9.91. The van der Waals surface area contributed by atoms with Crippen molar-refractivity contribution in [1.29, 1.82) is 0 Å². The summed E-state index contributed by atoms with van der Waals surface area (Å²) in [5, 5.41) is 1.95. The zero-order valence-corrected chi connectivity index (χ0v) is 28.7. The van der Waals surface area contributed by atoms with Crippen molar-refractivity contribution in [3.63, 3.8) is 0 Å². The number of oxazole rings is 1. The summed E-state index contributed by atoms with van der Waals surface area (Å²) in [6.07, 6.45) is 0. The minimum absolute atomic E-state index is 0.605. The summed E-state index contributed by atoms with van der Waals surface area (Å²) < 4.78 is 12.7. The Labute approximate surface area is 306 Å². The quantitative estimate of drug-likeness (QED) is 0.168. The van der Waals surface area contributed by atoms with Gasteiger partial charge in [-0.3, -0.25) is 0 Å². The molecule has 8 aromatic carbocycles. The van der Waals surface area contributed by atoms with E-state index >= 15 is 0 Å². The molecule has 0 fully saturated rings. The monoisotopic (exact) mass is 680 g/mol. The van der Waals surface area contributed by atoms with Crippen LogP contribution in [0.25, 0.3) is 77.9 Å². The zero-order valence-electron chi connectivity index (χ0n) is 28.7. The highest BCUT2D eigenvalue weighted by molar-refractivity contribution is 6.16. The van der Waals surface area contributed by atoms with Gasteiger partial charge in [0.05, 0.1) is 5.39 Å². The van der Waals surface area contributed by atoms with Crippen LogP contribution in [-0.2, 0) is 0 Å². The van der Waals surface area contributed by atoms with Gasteiger partial charge in [0.15, 0.2) is 5.58 Å². The molecule has 0 aliphatic heterocycles. The molecule has 0 radical (unpaired) electrons. The minimum atomic E-state index is 0.605. The zero-order chi connectivity index (χ0) is 35.1. The van der Waals surface area contributed by atoms with E-state index in [-0.39, 0.29) is 0 Å². The van der Waals surface area contributed by atoms with E-state index in [0.717, 1.165) is 72.4 Å². The molecule has 53 heavy (non-hydrogen) atoms. The number of fused-ring (bicyclic) bond motifs is 5. The van der Waals surface area contributed by atoms with Crippen LogP contribution in [0.2, 0.25) is 0 Å². The van der Waals surface area contributed by atoms with Gasteiger partial charge in [-0.25, -0.2) is 4.98 Å². The van der Waals surface area contributed by atoms with Crippen LogP contribution in [0.15, 0.2) is 203 Å². The summed E-state index contributed by atoms with van der Waals surface area (Å²) in [4.78, 5) is 7.08. The molecule has 4 nitrogen and oxygen atoms in total. The molecule has 4 heteroatoms. The van der Waals surface area contributed by atoms with E-state index < -0.39 is 0 Å². The summed E-state index contributed by atoms with van der Waals surface area (Å²) >= 11 is 0. The standard InChI is InChI=1S/C49H32N2O2/c1-4-11-33(12-5-1)34-19-21-35(22-20-34)38-15-10-18-42(31-38)51(40-16-8-3-9-17-40)41-26-23-36(24-27-41)39-25-28-43-46(32-39)52-45-30-29-44-48(47(43)45)53-49(50-44)37-13-6-2-7-14-37/h1-32H. The second-order valence-corrected chi connectivity index (χ2v) is 13.2. The Morgan fingerprint density at radius 3 is 1.60 bits per heavy atom. The number of furan rings is 1. The molecule has 2 aromatic heterocycles. The lowest BCUT2D eigenvalue weighted by Crippen LogP contribution is -2.09. The average Bonchev–Trinajstić information content (AvgIpc) is 3.84. The van der Waals surface area contributed by atoms with E-state index in [2.05, 4.69) is 157 Å². The first-order chi connectivity index (χ1) is 26.2. The number of para-hydroxylation sites is 1. The summed E-state index contributed by atoms with van der Waals surface area (Å²) in [5.74, 6) is 0.605. The van der Waals surface area contributed by atoms with Gasteiger partial charge >= 0.3 is 0 Å². The van der Waals surface area contributed by atoms with Gasteiger partial charge in [0.1, 0.15) is 16.7 Å². The summed E-state index contributed by atoms with van der Waals surface area (Å²) in [6.45, 7) is 0. The van der Waals surface area contributed by atoms with Gasteiger partial charge < -0.3 is 13.7 Å².